The Morgan fingerprint density at radius 2 is 2.06 bits per heavy atom. The molecule has 90 valence electrons. The van der Waals surface area contributed by atoms with Crippen LogP contribution in [0.4, 0.5) is 0 Å². The minimum atomic E-state index is 0.362. The number of alkyl halides is 1. The largest absolute Gasteiger partial charge is 0.310 e. The van der Waals surface area contributed by atoms with Crippen LogP contribution >= 0.6 is 23.2 Å². The smallest absolute Gasteiger partial charge is 0.164 e. The Hall–Kier alpha value is -1.06. The van der Waals surface area contributed by atoms with E-state index in [1.165, 1.54) is 0 Å². The maximum absolute atomic E-state index is 6.12. The Morgan fingerprint density at radius 3 is 2.65 bits per heavy atom. The highest BCUT2D eigenvalue weighted by molar-refractivity contribution is 6.31. The number of hydrogen-bond acceptors (Lipinski definition) is 2. The van der Waals surface area contributed by atoms with Gasteiger partial charge in [-0.3, -0.25) is 0 Å². The molecule has 0 aliphatic heterocycles. The van der Waals surface area contributed by atoms with E-state index in [4.69, 9.17) is 23.2 Å². The summed E-state index contributed by atoms with van der Waals surface area (Å²) in [5, 5.41) is 8.98. The highest BCUT2D eigenvalue weighted by Crippen LogP contribution is 2.24. The zero-order valence-corrected chi connectivity index (χ0v) is 11.3. The van der Waals surface area contributed by atoms with Crippen molar-refractivity contribution in [2.24, 2.45) is 0 Å². The fraction of sp³-hybridized carbons (Fsp3) is 0.333. The van der Waals surface area contributed by atoms with Gasteiger partial charge in [0.05, 0.1) is 5.88 Å². The molecule has 2 aromatic rings. The van der Waals surface area contributed by atoms with Gasteiger partial charge in [0.2, 0.25) is 0 Å². The molecular formula is C12H13Cl2N3. The third-order valence-electron chi connectivity index (χ3n) is 2.69. The van der Waals surface area contributed by atoms with Gasteiger partial charge in [-0.25, -0.2) is 0 Å². The van der Waals surface area contributed by atoms with Crippen molar-refractivity contribution in [3.8, 4) is 11.4 Å². The SMILES string of the molecule is CCn1c(CCl)nnc1-c1ccc(C)c(Cl)c1. The Balaban J connectivity index is 2.52. The van der Waals surface area contributed by atoms with Crippen LogP contribution in [0.5, 0.6) is 0 Å². The number of halogens is 2. The summed E-state index contributed by atoms with van der Waals surface area (Å²) >= 11 is 11.9. The van der Waals surface area contributed by atoms with E-state index in [1.54, 1.807) is 0 Å². The highest BCUT2D eigenvalue weighted by Gasteiger charge is 2.12. The van der Waals surface area contributed by atoms with Crippen molar-refractivity contribution in [1.29, 1.82) is 0 Å². The molecule has 0 spiro atoms. The number of nitrogens with zero attached hydrogens (tertiary/aromatic N) is 3. The predicted molar refractivity (Wildman–Crippen MR) is 70.4 cm³/mol. The summed E-state index contributed by atoms with van der Waals surface area (Å²) in [6.45, 7) is 4.80. The van der Waals surface area contributed by atoms with Crippen molar-refractivity contribution in [3.05, 3.63) is 34.6 Å². The molecule has 0 amide bonds. The molecule has 17 heavy (non-hydrogen) atoms. The Kier molecular flexibility index (Phi) is 3.69. The van der Waals surface area contributed by atoms with Gasteiger partial charge in [0, 0.05) is 17.1 Å². The second kappa shape index (κ2) is 5.07. The fourth-order valence-electron chi connectivity index (χ4n) is 1.71. The molecular weight excluding hydrogens is 257 g/mol. The lowest BCUT2D eigenvalue weighted by atomic mass is 10.1. The van der Waals surface area contributed by atoms with Gasteiger partial charge in [-0.2, -0.15) is 0 Å². The number of benzene rings is 1. The van der Waals surface area contributed by atoms with E-state index in [0.717, 1.165) is 34.3 Å². The Bertz CT molecular complexity index is 535. The van der Waals surface area contributed by atoms with Crippen LogP contribution in [0.15, 0.2) is 18.2 Å². The zero-order chi connectivity index (χ0) is 12.4. The normalized spacial score (nSPS) is 10.8. The van der Waals surface area contributed by atoms with E-state index in [1.807, 2.05) is 36.6 Å². The fourth-order valence-corrected chi connectivity index (χ4v) is 2.09. The number of rotatable bonds is 3. The van der Waals surface area contributed by atoms with Crippen LogP contribution in [0.2, 0.25) is 5.02 Å². The van der Waals surface area contributed by atoms with E-state index in [-0.39, 0.29) is 0 Å². The summed E-state index contributed by atoms with van der Waals surface area (Å²) in [7, 11) is 0. The monoisotopic (exact) mass is 269 g/mol. The van der Waals surface area contributed by atoms with Crippen LogP contribution in [0.25, 0.3) is 11.4 Å². The Labute approximate surface area is 110 Å². The van der Waals surface area contributed by atoms with E-state index in [0.29, 0.717) is 5.88 Å². The van der Waals surface area contributed by atoms with Gasteiger partial charge in [0.15, 0.2) is 5.82 Å². The molecule has 1 heterocycles. The lowest BCUT2D eigenvalue weighted by Crippen LogP contribution is -2.02. The summed E-state index contributed by atoms with van der Waals surface area (Å²) in [5.74, 6) is 1.95. The van der Waals surface area contributed by atoms with Crippen LogP contribution in [0.3, 0.4) is 0 Å². The van der Waals surface area contributed by atoms with Gasteiger partial charge in [0.25, 0.3) is 0 Å². The van der Waals surface area contributed by atoms with Crippen LogP contribution in [-0.4, -0.2) is 14.8 Å². The van der Waals surface area contributed by atoms with Gasteiger partial charge in [-0.05, 0) is 25.5 Å². The molecule has 0 N–H and O–H groups in total. The number of hydrogen-bond donors (Lipinski definition) is 0. The summed E-state index contributed by atoms with van der Waals surface area (Å²) in [6.07, 6.45) is 0. The second-order valence-corrected chi connectivity index (χ2v) is 4.46. The van der Waals surface area contributed by atoms with Crippen LogP contribution in [-0.2, 0) is 12.4 Å². The molecule has 0 aliphatic rings. The number of aromatic nitrogens is 3. The van der Waals surface area contributed by atoms with Crippen molar-refractivity contribution in [2.45, 2.75) is 26.3 Å². The number of aryl methyl sites for hydroxylation is 1. The first-order valence-electron chi connectivity index (χ1n) is 5.42. The predicted octanol–water partition coefficient (Wildman–Crippen LogP) is 3.67. The molecule has 0 atom stereocenters. The minimum Gasteiger partial charge on any atom is -0.310 e. The summed E-state index contributed by atoms with van der Waals surface area (Å²) in [6, 6.07) is 5.88. The lowest BCUT2D eigenvalue weighted by Gasteiger charge is -2.07. The van der Waals surface area contributed by atoms with Gasteiger partial charge in [0.1, 0.15) is 5.82 Å². The molecule has 0 saturated heterocycles. The van der Waals surface area contributed by atoms with Crippen LogP contribution < -0.4 is 0 Å². The molecule has 0 radical (unpaired) electrons. The molecule has 0 unspecified atom stereocenters. The van der Waals surface area contributed by atoms with Crippen LogP contribution in [0, 0.1) is 6.92 Å². The highest BCUT2D eigenvalue weighted by atomic mass is 35.5. The zero-order valence-electron chi connectivity index (χ0n) is 9.74. The molecule has 1 aromatic heterocycles. The molecule has 5 heteroatoms. The van der Waals surface area contributed by atoms with E-state index in [9.17, 15) is 0 Å². The van der Waals surface area contributed by atoms with E-state index in [2.05, 4.69) is 10.2 Å². The first-order chi connectivity index (χ1) is 8.17. The topological polar surface area (TPSA) is 30.7 Å². The second-order valence-electron chi connectivity index (χ2n) is 3.78. The quantitative estimate of drug-likeness (QED) is 0.797. The molecule has 0 saturated carbocycles. The van der Waals surface area contributed by atoms with Crippen molar-refractivity contribution in [2.75, 3.05) is 0 Å². The summed E-state index contributed by atoms with van der Waals surface area (Å²) in [5.41, 5.74) is 2.02. The first kappa shape index (κ1) is 12.4. The van der Waals surface area contributed by atoms with Gasteiger partial charge in [-0.1, -0.05) is 23.7 Å². The lowest BCUT2D eigenvalue weighted by molar-refractivity contribution is 0.731. The molecule has 2 rings (SSSR count). The maximum atomic E-state index is 6.12. The van der Waals surface area contributed by atoms with E-state index < -0.39 is 0 Å². The van der Waals surface area contributed by atoms with Gasteiger partial charge < -0.3 is 4.57 Å². The third kappa shape index (κ3) is 2.31. The molecule has 0 aliphatic carbocycles. The molecule has 1 aromatic carbocycles. The molecule has 0 bridgehead atoms. The van der Waals surface area contributed by atoms with Crippen molar-refractivity contribution >= 4 is 23.2 Å². The summed E-state index contributed by atoms with van der Waals surface area (Å²) < 4.78 is 1.99. The molecule has 3 nitrogen and oxygen atoms in total. The van der Waals surface area contributed by atoms with Crippen molar-refractivity contribution in [1.82, 2.24) is 14.8 Å². The van der Waals surface area contributed by atoms with Crippen molar-refractivity contribution in [3.63, 3.8) is 0 Å². The average molecular weight is 270 g/mol. The maximum Gasteiger partial charge on any atom is 0.164 e. The summed E-state index contributed by atoms with van der Waals surface area (Å²) in [4.78, 5) is 0. The van der Waals surface area contributed by atoms with E-state index >= 15 is 0 Å². The van der Waals surface area contributed by atoms with Crippen molar-refractivity contribution < 1.29 is 0 Å². The third-order valence-corrected chi connectivity index (χ3v) is 3.34. The van der Waals surface area contributed by atoms with Gasteiger partial charge in [-0.15, -0.1) is 21.8 Å². The van der Waals surface area contributed by atoms with Crippen LogP contribution in [0.1, 0.15) is 18.3 Å². The average Bonchev–Trinajstić information content (AvgIpc) is 2.75. The molecule has 0 fully saturated rings. The minimum absolute atomic E-state index is 0.362. The van der Waals surface area contributed by atoms with Gasteiger partial charge >= 0.3 is 0 Å². The Morgan fingerprint density at radius 1 is 1.29 bits per heavy atom. The standard InChI is InChI=1S/C12H13Cl2N3/c1-3-17-11(7-13)15-16-12(17)9-5-4-8(2)10(14)6-9/h4-6H,3,7H2,1-2H3. The first-order valence-corrected chi connectivity index (χ1v) is 6.33.